The fourth-order valence-electron chi connectivity index (χ4n) is 4.10. The van der Waals surface area contributed by atoms with Gasteiger partial charge < -0.3 is 20.6 Å². The van der Waals surface area contributed by atoms with E-state index in [4.69, 9.17) is 5.73 Å². The molecule has 2 aliphatic heterocycles. The topological polar surface area (TPSA) is 69.8 Å². The maximum Gasteiger partial charge on any atom is 0.315 e. The molecule has 2 heterocycles. The molecule has 4 rings (SSSR count). The second-order valence-corrected chi connectivity index (χ2v) is 7.59. The Hall–Kier alpha value is -2.34. The fraction of sp³-hybridized carbons (Fsp3) is 0.450. The standard InChI is InChI=1S/C20H24FN3O2/c1-11(2)17-18-15(9-16(21)19(17)23-7-5-12(22)10-23)14(20(25)26)6-8-24(18)13-3-4-13/h6,8-9,12-14H,1,3-5,7,10,22H2,2H3,(H,25,26). The van der Waals surface area contributed by atoms with E-state index in [2.05, 4.69) is 11.5 Å². The normalized spacial score (nSPS) is 24.7. The second kappa shape index (κ2) is 6.13. The Labute approximate surface area is 152 Å². The van der Waals surface area contributed by atoms with Gasteiger partial charge in [0.25, 0.3) is 0 Å². The van der Waals surface area contributed by atoms with Crippen LogP contribution in [0.2, 0.25) is 0 Å². The van der Waals surface area contributed by atoms with Crippen molar-refractivity contribution in [1.29, 1.82) is 0 Å². The van der Waals surface area contributed by atoms with Crippen LogP contribution in [0.25, 0.3) is 5.57 Å². The van der Waals surface area contributed by atoms with Crippen LogP contribution in [-0.4, -0.2) is 36.2 Å². The number of benzene rings is 1. The van der Waals surface area contributed by atoms with Crippen molar-refractivity contribution in [3.05, 3.63) is 41.9 Å². The maximum absolute atomic E-state index is 15.2. The van der Waals surface area contributed by atoms with Gasteiger partial charge in [-0.25, -0.2) is 4.39 Å². The molecule has 0 radical (unpaired) electrons. The van der Waals surface area contributed by atoms with Crippen molar-refractivity contribution in [2.75, 3.05) is 22.9 Å². The lowest BCUT2D eigenvalue weighted by Crippen LogP contribution is -2.31. The molecule has 3 N–H and O–H groups in total. The Morgan fingerprint density at radius 2 is 2.08 bits per heavy atom. The zero-order valence-corrected chi connectivity index (χ0v) is 14.9. The number of rotatable bonds is 4. The monoisotopic (exact) mass is 357 g/mol. The third-order valence-corrected chi connectivity index (χ3v) is 5.46. The molecule has 2 unspecified atom stereocenters. The average molecular weight is 357 g/mol. The first kappa shape index (κ1) is 17.1. The summed E-state index contributed by atoms with van der Waals surface area (Å²) in [6, 6.07) is 1.77. The van der Waals surface area contributed by atoms with E-state index >= 15 is 4.39 Å². The SMILES string of the molecule is C=C(C)c1c(N2CCC(N)C2)c(F)cc2c1N(C1CC1)C=CC2C(=O)O. The molecule has 6 heteroatoms. The van der Waals surface area contributed by atoms with E-state index in [-0.39, 0.29) is 6.04 Å². The molecule has 0 aromatic heterocycles. The van der Waals surface area contributed by atoms with E-state index in [9.17, 15) is 9.90 Å². The summed E-state index contributed by atoms with van der Waals surface area (Å²) in [6.45, 7) is 7.23. The molecule has 0 bridgehead atoms. The van der Waals surface area contributed by atoms with Crippen molar-refractivity contribution in [3.8, 4) is 0 Å². The number of nitrogens with zero attached hydrogens (tertiary/aromatic N) is 2. The predicted octanol–water partition coefficient (Wildman–Crippen LogP) is 3.06. The Balaban J connectivity index is 1.95. The van der Waals surface area contributed by atoms with Gasteiger partial charge in [-0.2, -0.15) is 0 Å². The fourth-order valence-corrected chi connectivity index (χ4v) is 4.10. The van der Waals surface area contributed by atoms with Crippen LogP contribution in [0.4, 0.5) is 15.8 Å². The molecule has 2 atom stereocenters. The molecule has 1 saturated carbocycles. The van der Waals surface area contributed by atoms with E-state index < -0.39 is 17.7 Å². The summed E-state index contributed by atoms with van der Waals surface area (Å²) in [5.74, 6) is -2.21. The summed E-state index contributed by atoms with van der Waals surface area (Å²) < 4.78 is 15.2. The highest BCUT2D eigenvalue weighted by Gasteiger charge is 2.38. The molecular formula is C20H24FN3O2. The van der Waals surface area contributed by atoms with Crippen LogP contribution >= 0.6 is 0 Å². The van der Waals surface area contributed by atoms with Crippen molar-refractivity contribution in [2.45, 2.75) is 44.2 Å². The van der Waals surface area contributed by atoms with Crippen LogP contribution in [-0.2, 0) is 4.79 Å². The number of hydrogen-bond donors (Lipinski definition) is 2. The van der Waals surface area contributed by atoms with Crippen molar-refractivity contribution >= 4 is 22.9 Å². The summed E-state index contributed by atoms with van der Waals surface area (Å²) in [7, 11) is 0. The zero-order chi connectivity index (χ0) is 18.6. The van der Waals surface area contributed by atoms with Crippen LogP contribution in [0.1, 0.15) is 43.2 Å². The molecule has 1 aliphatic carbocycles. The highest BCUT2D eigenvalue weighted by atomic mass is 19.1. The first-order chi connectivity index (χ1) is 12.4. The molecule has 2 fully saturated rings. The van der Waals surface area contributed by atoms with Crippen LogP contribution in [0.15, 0.2) is 24.9 Å². The smallest absolute Gasteiger partial charge is 0.315 e. The lowest BCUT2D eigenvalue weighted by atomic mass is 9.88. The van der Waals surface area contributed by atoms with Gasteiger partial charge in [-0.1, -0.05) is 6.58 Å². The number of allylic oxidation sites excluding steroid dienone is 1. The number of carboxylic acid groups (broad SMARTS) is 1. The molecular weight excluding hydrogens is 333 g/mol. The molecule has 138 valence electrons. The van der Waals surface area contributed by atoms with Crippen LogP contribution in [0.5, 0.6) is 0 Å². The number of fused-ring (bicyclic) bond motifs is 1. The molecule has 1 aromatic carbocycles. The van der Waals surface area contributed by atoms with E-state index in [0.717, 1.165) is 36.1 Å². The number of nitrogens with two attached hydrogens (primary N) is 1. The Morgan fingerprint density at radius 3 is 2.62 bits per heavy atom. The van der Waals surface area contributed by atoms with Gasteiger partial charge in [0.15, 0.2) is 0 Å². The van der Waals surface area contributed by atoms with Crippen LogP contribution < -0.4 is 15.5 Å². The Kier molecular flexibility index (Phi) is 4.03. The number of aliphatic carboxylic acids is 1. The molecule has 26 heavy (non-hydrogen) atoms. The number of anilines is 2. The van der Waals surface area contributed by atoms with Gasteiger partial charge in [-0.15, -0.1) is 0 Å². The maximum atomic E-state index is 15.2. The summed E-state index contributed by atoms with van der Waals surface area (Å²) in [6.07, 6.45) is 6.42. The first-order valence-corrected chi connectivity index (χ1v) is 9.10. The first-order valence-electron chi connectivity index (χ1n) is 9.10. The lowest BCUT2D eigenvalue weighted by Gasteiger charge is -2.35. The van der Waals surface area contributed by atoms with E-state index in [1.54, 1.807) is 6.08 Å². The largest absolute Gasteiger partial charge is 0.481 e. The van der Waals surface area contributed by atoms with E-state index in [1.807, 2.05) is 18.0 Å². The van der Waals surface area contributed by atoms with Crippen LogP contribution in [0, 0.1) is 5.82 Å². The number of carboxylic acids is 1. The summed E-state index contributed by atoms with van der Waals surface area (Å²) in [5, 5.41) is 9.62. The Bertz CT molecular complexity index is 816. The summed E-state index contributed by atoms with van der Waals surface area (Å²) in [5.41, 5.74) is 9.31. The quantitative estimate of drug-likeness (QED) is 0.867. The van der Waals surface area contributed by atoms with E-state index in [0.29, 0.717) is 30.4 Å². The van der Waals surface area contributed by atoms with E-state index in [1.165, 1.54) is 6.07 Å². The number of hydrogen-bond acceptors (Lipinski definition) is 4. The van der Waals surface area contributed by atoms with Gasteiger partial charge in [0.05, 0.1) is 11.4 Å². The zero-order valence-electron chi connectivity index (χ0n) is 14.9. The van der Waals surface area contributed by atoms with Gasteiger partial charge in [0.2, 0.25) is 0 Å². The lowest BCUT2D eigenvalue weighted by molar-refractivity contribution is -0.137. The second-order valence-electron chi connectivity index (χ2n) is 7.59. The average Bonchev–Trinajstić information content (AvgIpc) is 3.33. The highest BCUT2D eigenvalue weighted by Crippen LogP contribution is 2.48. The van der Waals surface area contributed by atoms with Gasteiger partial charge in [0, 0.05) is 36.9 Å². The molecule has 1 aromatic rings. The van der Waals surface area contributed by atoms with Gasteiger partial charge in [0.1, 0.15) is 11.7 Å². The Morgan fingerprint density at radius 1 is 1.35 bits per heavy atom. The minimum atomic E-state index is -0.971. The predicted molar refractivity (Wildman–Crippen MR) is 101 cm³/mol. The van der Waals surface area contributed by atoms with Gasteiger partial charge >= 0.3 is 5.97 Å². The molecule has 5 nitrogen and oxygen atoms in total. The number of halogens is 1. The molecule has 0 spiro atoms. The summed E-state index contributed by atoms with van der Waals surface area (Å²) >= 11 is 0. The number of carbonyl (C=O) groups is 1. The van der Waals surface area contributed by atoms with Gasteiger partial charge in [-0.05, 0) is 49.5 Å². The highest BCUT2D eigenvalue weighted by molar-refractivity contribution is 5.93. The van der Waals surface area contributed by atoms with Crippen molar-refractivity contribution in [2.24, 2.45) is 5.73 Å². The third-order valence-electron chi connectivity index (χ3n) is 5.46. The molecule has 3 aliphatic rings. The third kappa shape index (κ3) is 2.69. The van der Waals surface area contributed by atoms with Crippen molar-refractivity contribution in [1.82, 2.24) is 0 Å². The molecule has 1 saturated heterocycles. The molecule has 0 amide bonds. The minimum absolute atomic E-state index is 0.0228. The minimum Gasteiger partial charge on any atom is -0.481 e. The van der Waals surface area contributed by atoms with Crippen LogP contribution in [0.3, 0.4) is 0 Å². The summed E-state index contributed by atoms with van der Waals surface area (Å²) in [4.78, 5) is 15.8. The van der Waals surface area contributed by atoms with Crippen molar-refractivity contribution in [3.63, 3.8) is 0 Å². The van der Waals surface area contributed by atoms with Gasteiger partial charge in [-0.3, -0.25) is 4.79 Å². The van der Waals surface area contributed by atoms with Crippen molar-refractivity contribution < 1.29 is 14.3 Å².